The molecule has 1 heterocycles. The number of hydrogen-bond acceptors (Lipinski definition) is 6. The first kappa shape index (κ1) is 24.5. The second kappa shape index (κ2) is 10.4. The number of ether oxygens (including phenoxy) is 2. The Bertz CT molecular complexity index is 1440. The van der Waals surface area contributed by atoms with Gasteiger partial charge in [-0.15, -0.1) is 0 Å². The normalized spacial score (nSPS) is 10.7. The van der Waals surface area contributed by atoms with Gasteiger partial charge in [-0.3, -0.25) is 14.9 Å². The summed E-state index contributed by atoms with van der Waals surface area (Å²) in [5.41, 5.74) is 4.15. The number of nitrogens with zero attached hydrogens (tertiary/aromatic N) is 1. The second-order valence-corrected chi connectivity index (χ2v) is 8.60. The summed E-state index contributed by atoms with van der Waals surface area (Å²) in [7, 11) is 0. The minimum Gasteiger partial charge on any atom is -0.486 e. The molecule has 0 aliphatic carbocycles. The van der Waals surface area contributed by atoms with E-state index in [9.17, 15) is 14.9 Å². The van der Waals surface area contributed by atoms with Gasteiger partial charge in [0, 0.05) is 12.1 Å². The van der Waals surface area contributed by atoms with Crippen molar-refractivity contribution >= 4 is 17.3 Å². The van der Waals surface area contributed by atoms with E-state index in [1.807, 2.05) is 64.1 Å². The molecule has 1 amide bonds. The van der Waals surface area contributed by atoms with Crippen molar-refractivity contribution in [1.82, 2.24) is 0 Å². The number of nitrogens with one attached hydrogen (secondary N) is 1. The number of nitro groups is 1. The van der Waals surface area contributed by atoms with E-state index in [4.69, 9.17) is 13.9 Å². The van der Waals surface area contributed by atoms with Crippen molar-refractivity contribution in [3.63, 3.8) is 0 Å². The third-order valence-corrected chi connectivity index (χ3v) is 5.68. The number of hydrogen-bond donors (Lipinski definition) is 1. The Hall–Kier alpha value is -4.59. The number of anilines is 1. The molecule has 8 heteroatoms. The molecule has 0 saturated carbocycles. The van der Waals surface area contributed by atoms with Crippen LogP contribution in [0.1, 0.15) is 38.6 Å². The highest BCUT2D eigenvalue weighted by atomic mass is 16.6. The highest BCUT2D eigenvalue weighted by molar-refractivity contribution is 6.02. The van der Waals surface area contributed by atoms with Gasteiger partial charge >= 0.3 is 0 Å². The monoisotopic (exact) mass is 486 g/mol. The topological polar surface area (TPSA) is 104 Å². The molecule has 0 bridgehead atoms. The molecule has 0 atom stereocenters. The maximum absolute atomic E-state index is 12.8. The van der Waals surface area contributed by atoms with E-state index in [-0.39, 0.29) is 29.5 Å². The van der Waals surface area contributed by atoms with Crippen molar-refractivity contribution in [2.24, 2.45) is 0 Å². The number of carbonyl (C=O) groups excluding carboxylic acids is 1. The summed E-state index contributed by atoms with van der Waals surface area (Å²) < 4.78 is 17.3. The molecule has 0 fully saturated rings. The van der Waals surface area contributed by atoms with E-state index in [1.165, 1.54) is 29.8 Å². The van der Waals surface area contributed by atoms with Crippen LogP contribution in [0.3, 0.4) is 0 Å². The zero-order valence-corrected chi connectivity index (χ0v) is 20.5. The van der Waals surface area contributed by atoms with E-state index in [0.717, 1.165) is 16.7 Å². The predicted octanol–water partition coefficient (Wildman–Crippen LogP) is 7.05. The molecule has 0 spiro atoms. The minimum atomic E-state index is -0.550. The Morgan fingerprint density at radius 3 is 2.42 bits per heavy atom. The summed E-state index contributed by atoms with van der Waals surface area (Å²) in [5, 5.41) is 14.1. The van der Waals surface area contributed by atoms with Crippen molar-refractivity contribution in [3.05, 3.63) is 111 Å². The number of benzene rings is 3. The van der Waals surface area contributed by atoms with Gasteiger partial charge in [0.05, 0.1) is 16.7 Å². The third-order valence-electron chi connectivity index (χ3n) is 5.68. The van der Waals surface area contributed by atoms with Crippen molar-refractivity contribution in [1.29, 1.82) is 0 Å². The van der Waals surface area contributed by atoms with Gasteiger partial charge in [-0.05, 0) is 80.3 Å². The molecule has 1 N–H and O–H groups in total. The fraction of sp³-hybridized carbons (Fsp3) is 0.179. The zero-order valence-electron chi connectivity index (χ0n) is 20.5. The zero-order chi connectivity index (χ0) is 25.8. The Morgan fingerprint density at radius 2 is 1.67 bits per heavy atom. The van der Waals surface area contributed by atoms with Gasteiger partial charge < -0.3 is 19.2 Å². The molecule has 0 aliphatic heterocycles. The largest absolute Gasteiger partial charge is 0.486 e. The van der Waals surface area contributed by atoms with Crippen LogP contribution in [-0.2, 0) is 6.61 Å². The van der Waals surface area contributed by atoms with Gasteiger partial charge in [-0.2, -0.15) is 0 Å². The fourth-order valence-electron chi connectivity index (χ4n) is 3.49. The van der Waals surface area contributed by atoms with E-state index in [2.05, 4.69) is 5.32 Å². The lowest BCUT2D eigenvalue weighted by Crippen LogP contribution is -2.11. The second-order valence-electron chi connectivity index (χ2n) is 8.60. The first-order valence-electron chi connectivity index (χ1n) is 11.3. The predicted molar refractivity (Wildman–Crippen MR) is 136 cm³/mol. The molecule has 36 heavy (non-hydrogen) atoms. The van der Waals surface area contributed by atoms with Crippen LogP contribution in [0, 0.1) is 37.8 Å². The SMILES string of the molecule is Cc1ccc(C)c(Oc2cc(NC(=O)c3ccc(COc4ccc(C)c(C)c4)o3)cc([N+](=O)[O-])c2)c1. The number of non-ortho nitro benzene ring substituents is 1. The van der Waals surface area contributed by atoms with Gasteiger partial charge in [-0.1, -0.05) is 18.2 Å². The lowest BCUT2D eigenvalue weighted by Gasteiger charge is -2.11. The Balaban J connectivity index is 1.48. The lowest BCUT2D eigenvalue weighted by molar-refractivity contribution is -0.384. The molecule has 0 radical (unpaired) electrons. The summed E-state index contributed by atoms with van der Waals surface area (Å²) in [6, 6.07) is 18.8. The van der Waals surface area contributed by atoms with Crippen LogP contribution < -0.4 is 14.8 Å². The maximum Gasteiger partial charge on any atom is 0.291 e. The van der Waals surface area contributed by atoms with Gasteiger partial charge in [-0.25, -0.2) is 0 Å². The minimum absolute atomic E-state index is 0.0530. The number of nitro benzene ring substituents is 1. The molecule has 8 nitrogen and oxygen atoms in total. The number of carbonyl (C=O) groups is 1. The molecule has 0 saturated heterocycles. The van der Waals surface area contributed by atoms with Crippen LogP contribution in [0.5, 0.6) is 17.2 Å². The highest BCUT2D eigenvalue weighted by Crippen LogP contribution is 2.32. The van der Waals surface area contributed by atoms with Crippen molar-refractivity contribution in [2.45, 2.75) is 34.3 Å². The third kappa shape index (κ3) is 5.90. The van der Waals surface area contributed by atoms with Gasteiger partial charge in [0.25, 0.3) is 11.6 Å². The Labute approximate surface area is 208 Å². The van der Waals surface area contributed by atoms with Crippen LogP contribution >= 0.6 is 0 Å². The Kier molecular flexibility index (Phi) is 7.05. The molecular weight excluding hydrogens is 460 g/mol. The number of amides is 1. The highest BCUT2D eigenvalue weighted by Gasteiger charge is 2.17. The summed E-state index contributed by atoms with van der Waals surface area (Å²) in [4.78, 5) is 23.7. The van der Waals surface area contributed by atoms with Gasteiger partial charge in [0.2, 0.25) is 0 Å². The summed E-state index contributed by atoms with van der Waals surface area (Å²) in [5.74, 6) is 1.48. The smallest absolute Gasteiger partial charge is 0.291 e. The molecular formula is C28H26N2O6. The first-order chi connectivity index (χ1) is 17.2. The Morgan fingerprint density at radius 1 is 0.889 bits per heavy atom. The first-order valence-corrected chi connectivity index (χ1v) is 11.3. The lowest BCUT2D eigenvalue weighted by atomic mass is 10.1. The molecule has 4 aromatic rings. The van der Waals surface area contributed by atoms with Crippen LogP contribution in [0.4, 0.5) is 11.4 Å². The van der Waals surface area contributed by atoms with Gasteiger partial charge in [0.15, 0.2) is 5.76 Å². The molecule has 184 valence electrons. The van der Waals surface area contributed by atoms with Crippen LogP contribution in [0.15, 0.2) is 71.1 Å². The molecule has 4 rings (SSSR count). The molecule has 0 aliphatic rings. The van der Waals surface area contributed by atoms with Gasteiger partial charge in [0.1, 0.15) is 29.6 Å². The average Bonchev–Trinajstić information content (AvgIpc) is 3.31. The van der Waals surface area contributed by atoms with Crippen molar-refractivity contribution < 1.29 is 23.6 Å². The molecule has 0 unspecified atom stereocenters. The summed E-state index contributed by atoms with van der Waals surface area (Å²) in [6.07, 6.45) is 0. The molecule has 1 aromatic heterocycles. The summed E-state index contributed by atoms with van der Waals surface area (Å²) in [6.45, 7) is 7.99. The van der Waals surface area contributed by atoms with Crippen LogP contribution in [-0.4, -0.2) is 10.8 Å². The van der Waals surface area contributed by atoms with E-state index in [0.29, 0.717) is 17.3 Å². The number of aryl methyl sites for hydroxylation is 4. The standard InChI is InChI=1S/C28H26N2O6/c1-17-5-6-19(3)27(11-17)36-25-14-21(13-22(15-25)30(32)33)29-28(31)26-10-9-24(35-26)16-34-23-8-7-18(2)20(4)12-23/h5-15H,16H2,1-4H3,(H,29,31). The van der Waals surface area contributed by atoms with Crippen molar-refractivity contribution in [3.8, 4) is 17.2 Å². The van der Waals surface area contributed by atoms with Crippen LogP contribution in [0.2, 0.25) is 0 Å². The number of furan rings is 1. The molecule has 3 aromatic carbocycles. The fourth-order valence-corrected chi connectivity index (χ4v) is 3.49. The van der Waals surface area contributed by atoms with Crippen LogP contribution in [0.25, 0.3) is 0 Å². The number of rotatable bonds is 8. The summed E-state index contributed by atoms with van der Waals surface area (Å²) >= 11 is 0. The maximum atomic E-state index is 12.8. The van der Waals surface area contributed by atoms with E-state index < -0.39 is 10.8 Å². The average molecular weight is 487 g/mol. The van der Waals surface area contributed by atoms with E-state index in [1.54, 1.807) is 6.07 Å². The van der Waals surface area contributed by atoms with E-state index >= 15 is 0 Å². The van der Waals surface area contributed by atoms with Crippen molar-refractivity contribution in [2.75, 3.05) is 5.32 Å². The quantitative estimate of drug-likeness (QED) is 0.211.